The van der Waals surface area contributed by atoms with Crippen LogP contribution < -0.4 is 0 Å². The van der Waals surface area contributed by atoms with Crippen molar-refractivity contribution in [3.8, 4) is 0 Å². The molecule has 2 aromatic rings. The molecular weight excluding hydrogens is 336 g/mol. The maximum atomic E-state index is 12.5. The predicted octanol–water partition coefficient (Wildman–Crippen LogP) is 3.12. The maximum absolute atomic E-state index is 12.5. The first-order valence-corrected chi connectivity index (χ1v) is 9.60. The number of ether oxygens (including phenoxy) is 2. The minimum absolute atomic E-state index is 0.113. The maximum Gasteiger partial charge on any atom is 0.263 e. The van der Waals surface area contributed by atoms with Crippen LogP contribution >= 0.6 is 11.3 Å². The van der Waals surface area contributed by atoms with Crippen LogP contribution in [0, 0.1) is 0 Å². The van der Waals surface area contributed by atoms with Gasteiger partial charge in [0.25, 0.3) is 5.91 Å². The molecule has 1 atom stereocenters. The van der Waals surface area contributed by atoms with Crippen molar-refractivity contribution >= 4 is 17.2 Å². The van der Waals surface area contributed by atoms with Gasteiger partial charge in [-0.3, -0.25) is 9.78 Å². The van der Waals surface area contributed by atoms with Crippen molar-refractivity contribution in [2.45, 2.75) is 37.6 Å². The molecule has 2 saturated heterocycles. The number of hydrogen-bond donors (Lipinski definition) is 0. The van der Waals surface area contributed by atoms with Gasteiger partial charge in [-0.15, -0.1) is 11.3 Å². The molecule has 2 fully saturated rings. The van der Waals surface area contributed by atoms with Crippen molar-refractivity contribution in [1.82, 2.24) is 9.88 Å². The third kappa shape index (κ3) is 3.76. The van der Waals surface area contributed by atoms with Crippen molar-refractivity contribution < 1.29 is 14.3 Å². The Morgan fingerprint density at radius 2 is 2.20 bits per heavy atom. The van der Waals surface area contributed by atoms with Crippen LogP contribution in [0.15, 0.2) is 41.9 Å². The van der Waals surface area contributed by atoms with E-state index in [2.05, 4.69) is 4.98 Å². The van der Waals surface area contributed by atoms with Crippen LogP contribution in [0.2, 0.25) is 0 Å². The van der Waals surface area contributed by atoms with E-state index < -0.39 is 0 Å². The van der Waals surface area contributed by atoms with Gasteiger partial charge < -0.3 is 14.4 Å². The molecule has 1 amide bonds. The molecule has 2 aliphatic heterocycles. The molecular formula is C19H22N2O3S. The Morgan fingerprint density at radius 1 is 1.32 bits per heavy atom. The average Bonchev–Trinajstić information content (AvgIpc) is 3.32. The molecule has 0 N–H and O–H groups in total. The first-order valence-electron chi connectivity index (χ1n) is 8.72. The summed E-state index contributed by atoms with van der Waals surface area (Å²) in [5, 5.41) is 1.95. The van der Waals surface area contributed by atoms with E-state index in [4.69, 9.17) is 9.47 Å². The summed E-state index contributed by atoms with van der Waals surface area (Å²) in [6.07, 6.45) is 4.56. The fourth-order valence-corrected chi connectivity index (χ4v) is 4.31. The van der Waals surface area contributed by atoms with Crippen molar-refractivity contribution in [3.05, 3.63) is 52.5 Å². The average molecular weight is 358 g/mol. The fraction of sp³-hybridized carbons (Fsp3) is 0.474. The van der Waals surface area contributed by atoms with Gasteiger partial charge in [-0.2, -0.15) is 0 Å². The normalized spacial score (nSPS) is 22.4. The molecule has 0 aromatic carbocycles. The number of pyridine rings is 1. The number of aromatic nitrogens is 1. The van der Waals surface area contributed by atoms with Crippen molar-refractivity contribution in [1.29, 1.82) is 0 Å². The third-order valence-electron chi connectivity index (χ3n) is 5.06. The molecule has 132 valence electrons. The monoisotopic (exact) mass is 358 g/mol. The predicted molar refractivity (Wildman–Crippen MR) is 95.6 cm³/mol. The SMILES string of the molecule is O=C(c1cccs1)N1CCC2(CC1)C[C@H](OCc1ccccn1)CO2. The van der Waals surface area contributed by atoms with Crippen LogP contribution in [0.3, 0.4) is 0 Å². The number of amides is 1. The second kappa shape index (κ2) is 7.23. The lowest BCUT2D eigenvalue weighted by molar-refractivity contribution is -0.0412. The zero-order chi connectivity index (χ0) is 17.1. The van der Waals surface area contributed by atoms with Crippen molar-refractivity contribution in [2.24, 2.45) is 0 Å². The quantitative estimate of drug-likeness (QED) is 0.843. The second-order valence-corrected chi connectivity index (χ2v) is 7.67. The number of carbonyl (C=O) groups is 1. The highest BCUT2D eigenvalue weighted by Gasteiger charge is 2.44. The zero-order valence-electron chi connectivity index (χ0n) is 14.1. The van der Waals surface area contributed by atoms with E-state index in [9.17, 15) is 4.79 Å². The van der Waals surface area contributed by atoms with E-state index in [0.29, 0.717) is 13.2 Å². The highest BCUT2D eigenvalue weighted by molar-refractivity contribution is 7.12. The largest absolute Gasteiger partial charge is 0.372 e. The first kappa shape index (κ1) is 16.7. The Kier molecular flexibility index (Phi) is 4.83. The van der Waals surface area contributed by atoms with Crippen LogP contribution in [0.1, 0.15) is 34.6 Å². The number of thiophene rings is 1. The second-order valence-electron chi connectivity index (χ2n) is 6.72. The summed E-state index contributed by atoms with van der Waals surface area (Å²) in [5.74, 6) is 0.144. The van der Waals surface area contributed by atoms with Crippen LogP contribution in [0.4, 0.5) is 0 Å². The van der Waals surface area contributed by atoms with E-state index in [1.807, 2.05) is 40.6 Å². The van der Waals surface area contributed by atoms with Crippen molar-refractivity contribution in [3.63, 3.8) is 0 Å². The minimum atomic E-state index is -0.124. The number of likely N-dealkylation sites (tertiary alicyclic amines) is 1. The van der Waals surface area contributed by atoms with Crippen LogP contribution in [-0.4, -0.2) is 47.2 Å². The summed E-state index contributed by atoms with van der Waals surface area (Å²) in [6.45, 7) is 2.66. The summed E-state index contributed by atoms with van der Waals surface area (Å²) in [4.78, 5) is 19.5. The summed E-state index contributed by atoms with van der Waals surface area (Å²) >= 11 is 1.50. The van der Waals surface area contributed by atoms with Gasteiger partial charge in [0.2, 0.25) is 0 Å². The van der Waals surface area contributed by atoms with E-state index in [1.54, 1.807) is 6.20 Å². The molecule has 0 unspecified atom stereocenters. The summed E-state index contributed by atoms with van der Waals surface area (Å²) in [6, 6.07) is 9.67. The minimum Gasteiger partial charge on any atom is -0.372 e. The number of hydrogen-bond acceptors (Lipinski definition) is 5. The zero-order valence-corrected chi connectivity index (χ0v) is 14.9. The van der Waals surface area contributed by atoms with Crippen LogP contribution in [-0.2, 0) is 16.1 Å². The number of piperidine rings is 1. The molecule has 2 aliphatic rings. The van der Waals surface area contributed by atoms with Gasteiger partial charge in [-0.25, -0.2) is 0 Å². The van der Waals surface area contributed by atoms with Gasteiger partial charge in [0.05, 0.1) is 35.5 Å². The molecule has 1 spiro atoms. The lowest BCUT2D eigenvalue weighted by Gasteiger charge is -2.38. The van der Waals surface area contributed by atoms with Gasteiger partial charge in [-0.05, 0) is 36.4 Å². The van der Waals surface area contributed by atoms with Crippen LogP contribution in [0.25, 0.3) is 0 Å². The number of carbonyl (C=O) groups excluding carboxylic acids is 1. The molecule has 0 aliphatic carbocycles. The Morgan fingerprint density at radius 3 is 2.92 bits per heavy atom. The van der Waals surface area contributed by atoms with E-state index in [1.165, 1.54) is 11.3 Å². The molecule has 6 heteroatoms. The topological polar surface area (TPSA) is 51.7 Å². The van der Waals surface area contributed by atoms with Gasteiger partial charge in [0, 0.05) is 25.7 Å². The van der Waals surface area contributed by atoms with Crippen LogP contribution in [0.5, 0.6) is 0 Å². The van der Waals surface area contributed by atoms with E-state index in [0.717, 1.165) is 42.9 Å². The lowest BCUT2D eigenvalue weighted by Crippen LogP contribution is -2.46. The highest BCUT2D eigenvalue weighted by atomic mass is 32.1. The summed E-state index contributed by atoms with van der Waals surface area (Å²) in [5.41, 5.74) is 0.820. The first-order chi connectivity index (χ1) is 12.2. The lowest BCUT2D eigenvalue weighted by atomic mass is 9.88. The molecule has 25 heavy (non-hydrogen) atoms. The Labute approximate surface area is 151 Å². The van der Waals surface area contributed by atoms with E-state index in [-0.39, 0.29) is 17.6 Å². The standard InChI is InChI=1S/C19H22N2O3S/c22-18(17-5-3-11-25-17)21-9-6-19(7-10-21)12-16(14-24-19)23-13-15-4-1-2-8-20-15/h1-5,8,11,16H,6-7,9-10,12-14H2/t16-/m0/s1. The molecule has 2 aromatic heterocycles. The van der Waals surface area contributed by atoms with Gasteiger partial charge >= 0.3 is 0 Å². The van der Waals surface area contributed by atoms with Gasteiger partial charge in [0.1, 0.15) is 0 Å². The molecule has 5 nitrogen and oxygen atoms in total. The summed E-state index contributed by atoms with van der Waals surface area (Å²) in [7, 11) is 0. The Hall–Kier alpha value is -1.76. The highest BCUT2D eigenvalue weighted by Crippen LogP contribution is 2.37. The molecule has 0 bridgehead atoms. The van der Waals surface area contributed by atoms with Crippen molar-refractivity contribution in [2.75, 3.05) is 19.7 Å². The van der Waals surface area contributed by atoms with E-state index >= 15 is 0 Å². The van der Waals surface area contributed by atoms with Gasteiger partial charge in [-0.1, -0.05) is 12.1 Å². The number of nitrogens with zero attached hydrogens (tertiary/aromatic N) is 2. The number of rotatable bonds is 4. The summed E-state index contributed by atoms with van der Waals surface area (Å²) < 4.78 is 12.1. The fourth-order valence-electron chi connectivity index (χ4n) is 3.62. The Balaban J connectivity index is 1.28. The third-order valence-corrected chi connectivity index (χ3v) is 5.92. The van der Waals surface area contributed by atoms with Gasteiger partial charge in [0.15, 0.2) is 0 Å². The molecule has 0 saturated carbocycles. The smallest absolute Gasteiger partial charge is 0.263 e. The molecule has 4 heterocycles. The Bertz CT molecular complexity index is 697. The molecule has 4 rings (SSSR count). The molecule has 0 radical (unpaired) electrons.